The highest BCUT2D eigenvalue weighted by Gasteiger charge is 2.16. The molecular weight excluding hydrogens is 324 g/mol. The number of fused-ring (bicyclic) bond motifs is 1. The van der Waals surface area contributed by atoms with E-state index in [0.29, 0.717) is 28.7 Å². The lowest BCUT2D eigenvalue weighted by Crippen LogP contribution is -2.31. The van der Waals surface area contributed by atoms with Crippen LogP contribution in [0.2, 0.25) is 0 Å². The molecule has 0 bridgehead atoms. The first kappa shape index (κ1) is 16.8. The van der Waals surface area contributed by atoms with Gasteiger partial charge >= 0.3 is 6.03 Å². The van der Waals surface area contributed by atoms with E-state index < -0.39 is 0 Å². The smallest absolute Gasteiger partial charge is 0.319 e. The number of methoxy groups -OCH3 is 2. The molecule has 0 aliphatic carbocycles. The molecule has 2 aromatic carbocycles. The summed E-state index contributed by atoms with van der Waals surface area (Å²) in [6.45, 7) is 2.09. The number of nitrogens with one attached hydrogen (secondary N) is 2. The van der Waals surface area contributed by atoms with Gasteiger partial charge in [0.15, 0.2) is 23.0 Å². The molecule has 25 heavy (non-hydrogen) atoms. The van der Waals surface area contributed by atoms with E-state index in [1.54, 1.807) is 32.4 Å². The Balaban J connectivity index is 1.64. The molecule has 1 unspecified atom stereocenters. The zero-order valence-corrected chi connectivity index (χ0v) is 14.3. The van der Waals surface area contributed by atoms with Crippen molar-refractivity contribution in [1.82, 2.24) is 5.32 Å². The summed E-state index contributed by atoms with van der Waals surface area (Å²) in [6.07, 6.45) is 0. The number of benzene rings is 2. The molecule has 7 heteroatoms. The van der Waals surface area contributed by atoms with Crippen LogP contribution in [0.1, 0.15) is 18.5 Å². The number of carbonyl (C=O) groups excluding carboxylic acids is 1. The van der Waals surface area contributed by atoms with Crippen LogP contribution in [-0.4, -0.2) is 27.0 Å². The van der Waals surface area contributed by atoms with Crippen molar-refractivity contribution >= 4 is 11.7 Å². The molecule has 2 aromatic rings. The minimum absolute atomic E-state index is 0.196. The van der Waals surface area contributed by atoms with Gasteiger partial charge in [-0.3, -0.25) is 0 Å². The minimum atomic E-state index is -0.318. The molecule has 0 saturated heterocycles. The SMILES string of the molecule is COc1ccc(C(C)NC(=O)Nc2ccc3c(c2)OCO3)cc1OC. The van der Waals surface area contributed by atoms with Gasteiger partial charge < -0.3 is 29.6 Å². The van der Waals surface area contributed by atoms with E-state index >= 15 is 0 Å². The van der Waals surface area contributed by atoms with Gasteiger partial charge in [-0.05, 0) is 36.8 Å². The molecule has 1 atom stereocenters. The number of rotatable bonds is 5. The van der Waals surface area contributed by atoms with E-state index in [4.69, 9.17) is 18.9 Å². The van der Waals surface area contributed by atoms with E-state index in [1.165, 1.54) is 0 Å². The zero-order valence-electron chi connectivity index (χ0n) is 14.3. The maximum atomic E-state index is 12.2. The molecule has 1 aliphatic rings. The van der Waals surface area contributed by atoms with Crippen molar-refractivity contribution in [2.45, 2.75) is 13.0 Å². The molecule has 2 amide bonds. The minimum Gasteiger partial charge on any atom is -0.493 e. The Morgan fingerprint density at radius 1 is 1.04 bits per heavy atom. The standard InChI is InChI=1S/C18H20N2O5/c1-11(12-4-6-14(22-2)16(8-12)23-3)19-18(21)20-13-5-7-15-17(9-13)25-10-24-15/h4-9,11H,10H2,1-3H3,(H2,19,20,21). The van der Waals surface area contributed by atoms with Gasteiger partial charge in [0.1, 0.15) is 0 Å². The highest BCUT2D eigenvalue weighted by molar-refractivity contribution is 5.90. The number of hydrogen-bond donors (Lipinski definition) is 2. The Kier molecular flexibility index (Phi) is 4.83. The highest BCUT2D eigenvalue weighted by Crippen LogP contribution is 2.34. The first-order valence-electron chi connectivity index (χ1n) is 7.80. The number of hydrogen-bond acceptors (Lipinski definition) is 5. The Hall–Kier alpha value is -3.09. The number of carbonyl (C=O) groups is 1. The van der Waals surface area contributed by atoms with Crippen LogP contribution in [0.25, 0.3) is 0 Å². The van der Waals surface area contributed by atoms with Crippen LogP contribution >= 0.6 is 0 Å². The lowest BCUT2D eigenvalue weighted by Gasteiger charge is -2.17. The van der Waals surface area contributed by atoms with Gasteiger partial charge in [0.05, 0.1) is 20.3 Å². The van der Waals surface area contributed by atoms with Crippen LogP contribution < -0.4 is 29.6 Å². The summed E-state index contributed by atoms with van der Waals surface area (Å²) in [5, 5.41) is 5.66. The maximum absolute atomic E-state index is 12.2. The van der Waals surface area contributed by atoms with Crippen LogP contribution in [0, 0.1) is 0 Å². The summed E-state index contributed by atoms with van der Waals surface area (Å²) in [4.78, 5) is 12.2. The van der Waals surface area contributed by atoms with Crippen molar-refractivity contribution in [3.05, 3.63) is 42.0 Å². The van der Waals surface area contributed by atoms with Crippen molar-refractivity contribution < 1.29 is 23.7 Å². The Labute approximate surface area is 145 Å². The van der Waals surface area contributed by atoms with Crippen LogP contribution in [-0.2, 0) is 0 Å². The second kappa shape index (κ2) is 7.21. The third-order valence-corrected chi connectivity index (χ3v) is 3.89. The van der Waals surface area contributed by atoms with Crippen molar-refractivity contribution in [3.63, 3.8) is 0 Å². The summed E-state index contributed by atoms with van der Waals surface area (Å²) in [6, 6.07) is 10.2. The molecular formula is C18H20N2O5. The Bertz CT molecular complexity index is 778. The van der Waals surface area contributed by atoms with Crippen LogP contribution in [0.3, 0.4) is 0 Å². The normalized spacial score (nSPS) is 13.1. The number of urea groups is 1. The maximum Gasteiger partial charge on any atom is 0.319 e. The van der Waals surface area contributed by atoms with E-state index in [9.17, 15) is 4.79 Å². The summed E-state index contributed by atoms with van der Waals surface area (Å²) >= 11 is 0. The zero-order chi connectivity index (χ0) is 17.8. The van der Waals surface area contributed by atoms with Gasteiger partial charge in [-0.25, -0.2) is 4.79 Å². The average Bonchev–Trinajstić information content (AvgIpc) is 3.08. The van der Waals surface area contributed by atoms with E-state index in [2.05, 4.69) is 10.6 Å². The first-order valence-corrected chi connectivity index (χ1v) is 7.80. The summed E-state index contributed by atoms with van der Waals surface area (Å²) in [5.41, 5.74) is 1.53. The van der Waals surface area contributed by atoms with E-state index in [-0.39, 0.29) is 18.9 Å². The lowest BCUT2D eigenvalue weighted by atomic mass is 10.1. The van der Waals surface area contributed by atoms with Gasteiger partial charge in [-0.1, -0.05) is 6.07 Å². The molecule has 0 fully saturated rings. The van der Waals surface area contributed by atoms with Crippen molar-refractivity contribution in [3.8, 4) is 23.0 Å². The second-order valence-electron chi connectivity index (χ2n) is 5.50. The molecule has 1 aliphatic heterocycles. The summed E-state index contributed by atoms with van der Waals surface area (Å²) < 4.78 is 21.1. The summed E-state index contributed by atoms with van der Waals surface area (Å²) in [5.74, 6) is 2.54. The fourth-order valence-electron chi connectivity index (χ4n) is 2.54. The molecule has 3 rings (SSSR count). The van der Waals surface area contributed by atoms with Gasteiger partial charge in [-0.15, -0.1) is 0 Å². The number of amides is 2. The van der Waals surface area contributed by atoms with Crippen molar-refractivity contribution in [1.29, 1.82) is 0 Å². The van der Waals surface area contributed by atoms with Gasteiger partial charge in [-0.2, -0.15) is 0 Å². The van der Waals surface area contributed by atoms with Crippen LogP contribution in [0.5, 0.6) is 23.0 Å². The molecule has 0 radical (unpaired) electrons. The lowest BCUT2D eigenvalue weighted by molar-refractivity contribution is 0.174. The van der Waals surface area contributed by atoms with Crippen molar-refractivity contribution in [2.24, 2.45) is 0 Å². The van der Waals surface area contributed by atoms with E-state index in [1.807, 2.05) is 25.1 Å². The van der Waals surface area contributed by atoms with Crippen molar-refractivity contribution in [2.75, 3.05) is 26.3 Å². The molecule has 0 saturated carbocycles. The third kappa shape index (κ3) is 3.71. The molecule has 1 heterocycles. The molecule has 0 spiro atoms. The predicted octanol–water partition coefficient (Wildman–Crippen LogP) is 3.32. The number of anilines is 1. The highest BCUT2D eigenvalue weighted by atomic mass is 16.7. The average molecular weight is 344 g/mol. The van der Waals surface area contributed by atoms with Gasteiger partial charge in [0.25, 0.3) is 0 Å². The van der Waals surface area contributed by atoms with Gasteiger partial charge in [0.2, 0.25) is 6.79 Å². The fraction of sp³-hybridized carbons (Fsp3) is 0.278. The molecule has 0 aromatic heterocycles. The first-order chi connectivity index (χ1) is 12.1. The molecule has 2 N–H and O–H groups in total. The molecule has 7 nitrogen and oxygen atoms in total. The largest absolute Gasteiger partial charge is 0.493 e. The second-order valence-corrected chi connectivity index (χ2v) is 5.50. The quantitative estimate of drug-likeness (QED) is 0.870. The third-order valence-electron chi connectivity index (χ3n) is 3.89. The monoisotopic (exact) mass is 344 g/mol. The van der Waals surface area contributed by atoms with Crippen LogP contribution in [0.15, 0.2) is 36.4 Å². The van der Waals surface area contributed by atoms with E-state index in [0.717, 1.165) is 5.56 Å². The van der Waals surface area contributed by atoms with Gasteiger partial charge in [0, 0.05) is 11.8 Å². The van der Waals surface area contributed by atoms with Crippen LogP contribution in [0.4, 0.5) is 10.5 Å². The molecule has 132 valence electrons. The predicted molar refractivity (Wildman–Crippen MR) is 92.7 cm³/mol. The number of ether oxygens (including phenoxy) is 4. The Morgan fingerprint density at radius 2 is 1.80 bits per heavy atom. The topological polar surface area (TPSA) is 78.1 Å². The Morgan fingerprint density at radius 3 is 2.56 bits per heavy atom. The summed E-state index contributed by atoms with van der Waals surface area (Å²) in [7, 11) is 3.16. The fourth-order valence-corrected chi connectivity index (χ4v) is 2.54.